The van der Waals surface area contributed by atoms with Crippen molar-refractivity contribution < 1.29 is 47.3 Å². The van der Waals surface area contributed by atoms with Gasteiger partial charge >= 0.3 is 11.9 Å². The molecule has 29 heavy (non-hydrogen) atoms. The van der Waals surface area contributed by atoms with E-state index in [0.717, 1.165) is 7.11 Å². The van der Waals surface area contributed by atoms with Crippen LogP contribution in [0.15, 0.2) is 11.3 Å². The molecule has 0 bridgehead atoms. The number of carbonyl (C=O) groups is 4. The van der Waals surface area contributed by atoms with Crippen molar-refractivity contribution in [3.63, 3.8) is 0 Å². The van der Waals surface area contributed by atoms with Crippen LogP contribution in [0.4, 0.5) is 0 Å². The molecule has 1 amide bonds. The minimum Gasteiger partial charge on any atom is -0.481 e. The van der Waals surface area contributed by atoms with E-state index in [1.165, 1.54) is 0 Å². The molecule has 1 saturated heterocycles. The zero-order valence-corrected chi connectivity index (χ0v) is 17.2. The normalized spacial score (nSPS) is 24.4. The summed E-state index contributed by atoms with van der Waals surface area (Å²) in [6, 6.07) is 0. The minimum absolute atomic E-state index is 0.489. The maximum absolute atomic E-state index is 12.7. The number of aliphatic hydroxyl groups is 1. The summed E-state index contributed by atoms with van der Waals surface area (Å²) in [5, 5.41) is 17.3. The zero-order chi connectivity index (χ0) is 22.3. The number of fused-ring (bicyclic) bond motifs is 1. The molecule has 12 heteroatoms. The van der Waals surface area contributed by atoms with Gasteiger partial charge in [0.1, 0.15) is 17.4 Å². The van der Waals surface area contributed by atoms with E-state index in [4.69, 9.17) is 14.6 Å². The lowest BCUT2D eigenvalue weighted by Crippen LogP contribution is -2.71. The van der Waals surface area contributed by atoms with Crippen LogP contribution in [0.1, 0.15) is 33.6 Å². The summed E-state index contributed by atoms with van der Waals surface area (Å²) in [5.74, 6) is -5.28. The fraction of sp³-hybridized carbons (Fsp3) is 0.647. The second-order valence-electron chi connectivity index (χ2n) is 7.70. The topological polar surface area (TPSA) is 165 Å². The number of Topliss-reactive ketones (excluding diaryl/α,β-unsaturated/α-hetero) is 1. The number of β-lactam (4-membered cyclic amide) rings is 1. The Balaban J connectivity index is 2.54. The molecule has 162 valence electrons. The first kappa shape index (κ1) is 23.0. The van der Waals surface area contributed by atoms with Crippen molar-refractivity contribution in [3.05, 3.63) is 11.3 Å². The van der Waals surface area contributed by atoms with E-state index in [2.05, 4.69) is 0 Å². The van der Waals surface area contributed by atoms with Gasteiger partial charge < -0.3 is 19.7 Å². The zero-order valence-electron chi connectivity index (χ0n) is 16.4. The lowest BCUT2D eigenvalue weighted by atomic mass is 9.98. The number of rotatable bonds is 7. The maximum atomic E-state index is 12.7. The number of aliphatic carboxylic acids is 1. The number of aliphatic hydroxyl groups excluding tert-OH is 1. The molecule has 3 unspecified atom stereocenters. The van der Waals surface area contributed by atoms with Crippen LogP contribution in [0.5, 0.6) is 0 Å². The molecular formula is C17H23NO10S. The van der Waals surface area contributed by atoms with Crippen LogP contribution in [0.25, 0.3) is 0 Å². The number of methoxy groups -OCH3 is 1. The van der Waals surface area contributed by atoms with Crippen molar-refractivity contribution in [1.29, 1.82) is 0 Å². The first-order valence-corrected chi connectivity index (χ1v) is 10.4. The van der Waals surface area contributed by atoms with Gasteiger partial charge in [-0.15, -0.1) is 0 Å². The number of ether oxygens (including phenoxy) is 2. The number of ketones is 1. The van der Waals surface area contributed by atoms with E-state index < -0.39 is 86.5 Å². The largest absolute Gasteiger partial charge is 0.481 e. The first-order chi connectivity index (χ1) is 13.2. The molecule has 1 fully saturated rings. The number of carbonyl (C=O) groups excluding carboxylic acids is 3. The average Bonchev–Trinajstić information content (AvgIpc) is 2.57. The van der Waals surface area contributed by atoms with E-state index in [0.29, 0.717) is 4.90 Å². The molecule has 0 aromatic carbocycles. The molecule has 0 spiro atoms. The Hall–Kier alpha value is -2.31. The van der Waals surface area contributed by atoms with Crippen molar-refractivity contribution in [2.45, 2.75) is 56.8 Å². The predicted octanol–water partition coefficient (Wildman–Crippen LogP) is -1.01. The summed E-state index contributed by atoms with van der Waals surface area (Å²) in [6.45, 7) is 4.63. The third-order valence-electron chi connectivity index (χ3n) is 4.31. The summed E-state index contributed by atoms with van der Waals surface area (Å²) >= 11 is 0. The Morgan fingerprint density at radius 3 is 2.34 bits per heavy atom. The monoisotopic (exact) mass is 433 g/mol. The second-order valence-corrected chi connectivity index (χ2v) is 9.80. The molecule has 2 N–H and O–H groups in total. The van der Waals surface area contributed by atoms with Gasteiger partial charge in [0, 0.05) is 19.1 Å². The number of nitrogens with zero attached hydrogens (tertiary/aromatic N) is 1. The Kier molecular flexibility index (Phi) is 6.21. The van der Waals surface area contributed by atoms with Crippen molar-refractivity contribution in [3.8, 4) is 0 Å². The van der Waals surface area contributed by atoms with E-state index in [1.807, 2.05) is 0 Å². The Morgan fingerprint density at radius 2 is 1.86 bits per heavy atom. The molecule has 3 atom stereocenters. The van der Waals surface area contributed by atoms with Gasteiger partial charge in [-0.1, -0.05) is 0 Å². The molecule has 2 heterocycles. The van der Waals surface area contributed by atoms with Crippen molar-refractivity contribution >= 4 is 33.5 Å². The van der Waals surface area contributed by atoms with E-state index in [9.17, 15) is 32.7 Å². The first-order valence-electron chi connectivity index (χ1n) is 8.69. The van der Waals surface area contributed by atoms with Crippen molar-refractivity contribution in [1.82, 2.24) is 4.90 Å². The van der Waals surface area contributed by atoms with Crippen molar-refractivity contribution in [2.75, 3.05) is 12.9 Å². The molecule has 0 aromatic rings. The smallest absolute Gasteiger partial charge is 0.356 e. The van der Waals surface area contributed by atoms with Gasteiger partial charge in [0.15, 0.2) is 27.1 Å². The number of sulfone groups is 1. The lowest BCUT2D eigenvalue weighted by Gasteiger charge is -2.48. The van der Waals surface area contributed by atoms with Crippen LogP contribution in [0, 0.1) is 0 Å². The minimum atomic E-state index is -4.12. The highest BCUT2D eigenvalue weighted by atomic mass is 32.2. The molecule has 0 radical (unpaired) electrons. The van der Waals surface area contributed by atoms with E-state index >= 15 is 0 Å². The number of carboxylic acid groups (broad SMARTS) is 1. The van der Waals surface area contributed by atoms with Crippen LogP contribution in [-0.4, -0.2) is 83.2 Å². The number of esters is 1. The molecular weight excluding hydrogens is 410 g/mol. The molecule has 0 saturated carbocycles. The summed E-state index contributed by atoms with van der Waals surface area (Å²) < 4.78 is 35.4. The highest BCUT2D eigenvalue weighted by Crippen LogP contribution is 2.39. The summed E-state index contributed by atoms with van der Waals surface area (Å²) in [6.07, 6.45) is -4.23. The summed E-state index contributed by atoms with van der Waals surface area (Å²) in [7, 11) is -2.98. The lowest BCUT2D eigenvalue weighted by molar-refractivity contribution is -0.167. The highest BCUT2D eigenvalue weighted by molar-refractivity contribution is 7.92. The molecule has 11 nitrogen and oxygen atoms in total. The maximum Gasteiger partial charge on any atom is 0.356 e. The molecule has 0 aromatic heterocycles. The Morgan fingerprint density at radius 1 is 1.28 bits per heavy atom. The molecule has 2 aliphatic heterocycles. The Bertz CT molecular complexity index is 882. The van der Waals surface area contributed by atoms with Gasteiger partial charge in [-0.25, -0.2) is 13.2 Å². The molecule has 2 rings (SSSR count). The standard InChI is InChI=1S/C17H23NO10S/c1-17(2,3)28-16(24)11-8(12(22)9(19)5-6-10(20)21)7-29(25,26)15-13(27-4)14(23)18(11)15/h9,13,15,19H,5-7H2,1-4H3,(H,20,21). The average molecular weight is 433 g/mol. The summed E-state index contributed by atoms with van der Waals surface area (Å²) in [4.78, 5) is 49.1. The van der Waals surface area contributed by atoms with Crippen LogP contribution >= 0.6 is 0 Å². The third-order valence-corrected chi connectivity index (χ3v) is 6.20. The fourth-order valence-electron chi connectivity index (χ4n) is 3.07. The van der Waals surface area contributed by atoms with E-state index in [1.54, 1.807) is 20.8 Å². The fourth-order valence-corrected chi connectivity index (χ4v) is 5.06. The van der Waals surface area contributed by atoms with Gasteiger partial charge in [0.25, 0.3) is 5.91 Å². The SMILES string of the molecule is COC1C(=O)N2C(C(=O)OC(C)(C)C)=C(C(=O)C(O)CCC(=O)O)CS(=O)(=O)C12. The molecule has 0 aliphatic carbocycles. The van der Waals surface area contributed by atoms with Gasteiger partial charge in [-0.3, -0.25) is 19.3 Å². The Labute approximate surface area is 167 Å². The van der Waals surface area contributed by atoms with Crippen LogP contribution in [-0.2, 0) is 38.5 Å². The number of hydrogen-bond donors (Lipinski definition) is 2. The van der Waals surface area contributed by atoms with Gasteiger partial charge in [0.05, 0.1) is 5.75 Å². The van der Waals surface area contributed by atoms with Crippen LogP contribution in [0.2, 0.25) is 0 Å². The highest BCUT2D eigenvalue weighted by Gasteiger charge is 2.61. The quantitative estimate of drug-likeness (QED) is 0.375. The third kappa shape index (κ3) is 4.49. The van der Waals surface area contributed by atoms with E-state index in [-0.39, 0.29) is 0 Å². The second kappa shape index (κ2) is 7.84. The number of carboxylic acids is 1. The van der Waals surface area contributed by atoms with Crippen molar-refractivity contribution in [2.24, 2.45) is 0 Å². The van der Waals surface area contributed by atoms with Gasteiger partial charge in [-0.05, 0) is 27.2 Å². The summed E-state index contributed by atoms with van der Waals surface area (Å²) in [5.41, 5.74) is -2.20. The molecule has 2 aliphatic rings. The predicted molar refractivity (Wildman–Crippen MR) is 96.0 cm³/mol. The van der Waals surface area contributed by atoms with Crippen LogP contribution in [0.3, 0.4) is 0 Å². The van der Waals surface area contributed by atoms with Gasteiger partial charge in [0.2, 0.25) is 0 Å². The number of hydrogen-bond acceptors (Lipinski definition) is 9. The van der Waals surface area contributed by atoms with Crippen LogP contribution < -0.4 is 0 Å². The number of amides is 1. The van der Waals surface area contributed by atoms with Gasteiger partial charge in [-0.2, -0.15) is 0 Å².